The number of hydrogen-bond acceptors (Lipinski definition) is 6. The number of benzene rings is 2. The first kappa shape index (κ1) is 20.2. The van der Waals surface area contributed by atoms with E-state index in [1.165, 1.54) is 31.4 Å². The molecule has 0 atom stereocenters. The van der Waals surface area contributed by atoms with Gasteiger partial charge in [-0.05, 0) is 50.2 Å². The fourth-order valence-corrected chi connectivity index (χ4v) is 2.95. The number of halogens is 1. The lowest BCUT2D eigenvalue weighted by molar-refractivity contribution is 0.0475. The van der Waals surface area contributed by atoms with Crippen LogP contribution in [0.25, 0.3) is 11.0 Å². The molecule has 8 heteroatoms. The van der Waals surface area contributed by atoms with Crippen LogP contribution in [0.5, 0.6) is 5.75 Å². The number of methoxy groups -OCH3 is 1. The molecule has 0 spiro atoms. The number of ether oxygens (including phenoxy) is 2. The van der Waals surface area contributed by atoms with Gasteiger partial charge in [-0.25, -0.2) is 14.2 Å². The van der Waals surface area contributed by atoms with Gasteiger partial charge in [0.2, 0.25) is 0 Å². The molecule has 0 aliphatic carbocycles. The van der Waals surface area contributed by atoms with Crippen LogP contribution < -0.4 is 10.3 Å². The van der Waals surface area contributed by atoms with E-state index in [9.17, 15) is 18.8 Å². The molecule has 1 aromatic heterocycles. The average Bonchev–Trinajstić information content (AvgIpc) is 2.72. The van der Waals surface area contributed by atoms with Crippen LogP contribution in [0.4, 0.5) is 4.39 Å². The van der Waals surface area contributed by atoms with Gasteiger partial charge in [0.25, 0.3) is 5.56 Å². The summed E-state index contributed by atoms with van der Waals surface area (Å²) in [5.41, 5.74) is 1.47. The second-order valence-electron chi connectivity index (χ2n) is 6.30. The minimum atomic E-state index is -0.720. The highest BCUT2D eigenvalue weighted by Crippen LogP contribution is 2.18. The Balaban J connectivity index is 1.78. The number of hydrogen-bond donors (Lipinski definition) is 0. The Hall–Kier alpha value is -3.55. The summed E-state index contributed by atoms with van der Waals surface area (Å²) in [6.07, 6.45) is 0. The van der Waals surface area contributed by atoms with Crippen LogP contribution in [0.1, 0.15) is 33.3 Å². The van der Waals surface area contributed by atoms with Crippen molar-refractivity contribution >= 4 is 22.8 Å². The van der Waals surface area contributed by atoms with E-state index >= 15 is 0 Å². The molecule has 0 saturated carbocycles. The summed E-state index contributed by atoms with van der Waals surface area (Å²) in [7, 11) is 1.32. The number of nitrogens with zero attached hydrogens (tertiary/aromatic N) is 2. The minimum absolute atomic E-state index is 0.0167. The van der Waals surface area contributed by atoms with Crippen molar-refractivity contribution in [1.29, 1.82) is 0 Å². The van der Waals surface area contributed by atoms with E-state index in [1.54, 1.807) is 17.6 Å². The summed E-state index contributed by atoms with van der Waals surface area (Å²) in [5.74, 6) is -1.93. The van der Waals surface area contributed by atoms with Crippen LogP contribution in [-0.4, -0.2) is 35.0 Å². The molecule has 1 heterocycles. The molecule has 0 saturated heterocycles. The lowest BCUT2D eigenvalue weighted by atomic mass is 10.1. The Morgan fingerprint density at radius 1 is 1.14 bits per heavy atom. The standard InChI is InChI=1S/C21H19FN2O5/c1-4-24-17-7-5-14(10-16(17)23-12(2)20(24)26)21(27)29-11-18(25)13-6-8-19(28-3)15(22)9-13/h5-10H,4,11H2,1-3H3. The van der Waals surface area contributed by atoms with Gasteiger partial charge in [0.1, 0.15) is 5.69 Å². The van der Waals surface area contributed by atoms with E-state index in [0.717, 1.165) is 6.07 Å². The molecule has 0 fully saturated rings. The number of fused-ring (bicyclic) bond motifs is 1. The number of carbonyl (C=O) groups is 2. The van der Waals surface area contributed by atoms with Crippen molar-refractivity contribution in [3.05, 3.63) is 69.4 Å². The Labute approximate surface area is 165 Å². The lowest BCUT2D eigenvalue weighted by Gasteiger charge is -2.10. The first-order chi connectivity index (χ1) is 13.8. The van der Waals surface area contributed by atoms with Gasteiger partial charge in [-0.1, -0.05) is 0 Å². The average molecular weight is 398 g/mol. The monoisotopic (exact) mass is 398 g/mol. The second-order valence-corrected chi connectivity index (χ2v) is 6.30. The second kappa shape index (κ2) is 8.22. The van der Waals surface area contributed by atoms with Gasteiger partial charge in [0, 0.05) is 12.1 Å². The van der Waals surface area contributed by atoms with Crippen LogP contribution in [0.2, 0.25) is 0 Å². The number of Topliss-reactive ketones (excluding diaryl/α,β-unsaturated/α-hetero) is 1. The van der Waals surface area contributed by atoms with Crippen LogP contribution in [0, 0.1) is 12.7 Å². The van der Waals surface area contributed by atoms with Gasteiger partial charge in [-0.15, -0.1) is 0 Å². The largest absolute Gasteiger partial charge is 0.494 e. The third-order valence-corrected chi connectivity index (χ3v) is 4.47. The molecule has 0 aliphatic rings. The van der Waals surface area contributed by atoms with Crippen molar-refractivity contribution in [2.75, 3.05) is 13.7 Å². The maximum atomic E-state index is 13.7. The zero-order valence-electron chi connectivity index (χ0n) is 16.2. The van der Waals surface area contributed by atoms with E-state index in [0.29, 0.717) is 23.3 Å². The Morgan fingerprint density at radius 2 is 1.86 bits per heavy atom. The van der Waals surface area contributed by atoms with Crippen LogP contribution >= 0.6 is 0 Å². The van der Waals surface area contributed by atoms with Gasteiger partial charge < -0.3 is 14.0 Å². The fraction of sp³-hybridized carbons (Fsp3) is 0.238. The van der Waals surface area contributed by atoms with E-state index < -0.39 is 24.2 Å². The van der Waals surface area contributed by atoms with Gasteiger partial charge in [-0.3, -0.25) is 9.59 Å². The van der Waals surface area contributed by atoms with Gasteiger partial charge in [0.05, 0.1) is 23.7 Å². The molecule has 7 nitrogen and oxygen atoms in total. The number of aromatic nitrogens is 2. The Kier molecular flexibility index (Phi) is 5.72. The molecule has 0 aliphatic heterocycles. The van der Waals surface area contributed by atoms with E-state index in [1.807, 2.05) is 6.92 Å². The van der Waals surface area contributed by atoms with E-state index in [4.69, 9.17) is 9.47 Å². The van der Waals surface area contributed by atoms with E-state index in [2.05, 4.69) is 4.98 Å². The summed E-state index contributed by atoms with van der Waals surface area (Å²) < 4.78 is 25.2. The maximum Gasteiger partial charge on any atom is 0.338 e. The zero-order valence-corrected chi connectivity index (χ0v) is 16.2. The zero-order chi connectivity index (χ0) is 21.1. The molecular weight excluding hydrogens is 379 g/mol. The maximum absolute atomic E-state index is 13.7. The summed E-state index contributed by atoms with van der Waals surface area (Å²) in [6.45, 7) is 3.38. The van der Waals surface area contributed by atoms with Gasteiger partial charge in [-0.2, -0.15) is 0 Å². The van der Waals surface area contributed by atoms with Crippen LogP contribution in [0.3, 0.4) is 0 Å². The number of rotatable bonds is 6. The molecule has 0 unspecified atom stereocenters. The molecule has 0 N–H and O–H groups in total. The van der Waals surface area contributed by atoms with Crippen molar-refractivity contribution in [2.24, 2.45) is 0 Å². The van der Waals surface area contributed by atoms with Crippen LogP contribution in [-0.2, 0) is 11.3 Å². The molecule has 29 heavy (non-hydrogen) atoms. The first-order valence-corrected chi connectivity index (χ1v) is 8.90. The van der Waals surface area contributed by atoms with Gasteiger partial charge in [0.15, 0.2) is 24.0 Å². The highest BCUT2D eigenvalue weighted by Gasteiger charge is 2.15. The normalized spacial score (nSPS) is 10.8. The molecular formula is C21H19FN2O5. The third kappa shape index (κ3) is 4.01. The molecule has 3 rings (SSSR count). The van der Waals surface area contributed by atoms with Crippen molar-refractivity contribution < 1.29 is 23.5 Å². The predicted molar refractivity (Wildman–Crippen MR) is 104 cm³/mol. The van der Waals surface area contributed by atoms with Crippen molar-refractivity contribution in [3.63, 3.8) is 0 Å². The summed E-state index contributed by atoms with van der Waals surface area (Å²) in [4.78, 5) is 40.9. The van der Waals surface area contributed by atoms with Crippen molar-refractivity contribution in [1.82, 2.24) is 9.55 Å². The Morgan fingerprint density at radius 3 is 2.52 bits per heavy atom. The number of ketones is 1. The van der Waals surface area contributed by atoms with Gasteiger partial charge >= 0.3 is 5.97 Å². The summed E-state index contributed by atoms with van der Waals surface area (Å²) in [5, 5.41) is 0. The molecule has 0 bridgehead atoms. The summed E-state index contributed by atoms with van der Waals surface area (Å²) >= 11 is 0. The van der Waals surface area contributed by atoms with Crippen molar-refractivity contribution in [3.8, 4) is 5.75 Å². The SMILES string of the molecule is CCn1c(=O)c(C)nc2cc(C(=O)OCC(=O)c3ccc(OC)c(F)c3)ccc21. The number of aryl methyl sites for hydroxylation is 2. The topological polar surface area (TPSA) is 87.5 Å². The number of carbonyl (C=O) groups excluding carboxylic acids is 2. The minimum Gasteiger partial charge on any atom is -0.494 e. The molecule has 0 radical (unpaired) electrons. The molecule has 3 aromatic rings. The van der Waals surface area contributed by atoms with E-state index in [-0.39, 0.29) is 22.4 Å². The first-order valence-electron chi connectivity index (χ1n) is 8.90. The van der Waals surface area contributed by atoms with Crippen LogP contribution in [0.15, 0.2) is 41.2 Å². The molecule has 150 valence electrons. The number of esters is 1. The quantitative estimate of drug-likeness (QED) is 0.469. The smallest absolute Gasteiger partial charge is 0.338 e. The molecule has 0 amide bonds. The third-order valence-electron chi connectivity index (χ3n) is 4.47. The predicted octanol–water partition coefficient (Wildman–Crippen LogP) is 2.91. The lowest BCUT2D eigenvalue weighted by Crippen LogP contribution is -2.23. The van der Waals surface area contributed by atoms with Crippen molar-refractivity contribution in [2.45, 2.75) is 20.4 Å². The fourth-order valence-electron chi connectivity index (χ4n) is 2.95. The molecule has 2 aromatic carbocycles. The summed E-state index contributed by atoms with van der Waals surface area (Å²) in [6, 6.07) is 8.38. The highest BCUT2D eigenvalue weighted by atomic mass is 19.1. The highest BCUT2D eigenvalue weighted by molar-refractivity contribution is 6.00. The Bertz CT molecular complexity index is 1170.